The van der Waals surface area contributed by atoms with Gasteiger partial charge in [0.1, 0.15) is 5.69 Å². The molecule has 2 N–H and O–H groups in total. The van der Waals surface area contributed by atoms with Gasteiger partial charge >= 0.3 is 0 Å². The molecule has 172 valence electrons. The van der Waals surface area contributed by atoms with Crippen molar-refractivity contribution in [3.63, 3.8) is 0 Å². The van der Waals surface area contributed by atoms with Crippen molar-refractivity contribution in [2.45, 2.75) is 51.7 Å². The average Bonchev–Trinajstić information content (AvgIpc) is 2.81. The van der Waals surface area contributed by atoms with E-state index in [4.69, 9.17) is 0 Å². The van der Waals surface area contributed by atoms with E-state index in [0.29, 0.717) is 17.8 Å². The van der Waals surface area contributed by atoms with Crippen LogP contribution in [0.5, 0.6) is 0 Å². The first-order valence-electron chi connectivity index (χ1n) is 11.8. The van der Waals surface area contributed by atoms with Gasteiger partial charge in [0.15, 0.2) is 0 Å². The van der Waals surface area contributed by atoms with Gasteiger partial charge in [0.05, 0.1) is 17.4 Å². The number of hydrogen-bond acceptors (Lipinski definition) is 5. The Labute approximate surface area is 193 Å². The number of piperazine rings is 1. The molecule has 1 aromatic carbocycles. The SMILES string of the molecule is CCc1cc2ccc(CN3CCN(c4ccc(C(=O)NC)nc4)[C@H]4CC[C@H]43)c(C)c2[nH]c1=O. The normalized spacial score (nSPS) is 20.4. The molecule has 2 fully saturated rings. The first kappa shape index (κ1) is 21.6. The summed E-state index contributed by atoms with van der Waals surface area (Å²) in [4.78, 5) is 36.7. The van der Waals surface area contributed by atoms with Crippen LogP contribution < -0.4 is 15.8 Å². The van der Waals surface area contributed by atoms with Crippen molar-refractivity contribution in [3.8, 4) is 0 Å². The molecule has 0 bridgehead atoms. The van der Waals surface area contributed by atoms with E-state index in [2.05, 4.69) is 44.1 Å². The molecule has 0 spiro atoms. The maximum absolute atomic E-state index is 12.4. The molecule has 1 aliphatic carbocycles. The molecule has 0 radical (unpaired) electrons. The minimum Gasteiger partial charge on any atom is -0.364 e. The summed E-state index contributed by atoms with van der Waals surface area (Å²) in [5.41, 5.74) is 5.79. The van der Waals surface area contributed by atoms with Gasteiger partial charge in [-0.05, 0) is 60.9 Å². The lowest BCUT2D eigenvalue weighted by Crippen LogP contribution is -2.64. The number of aryl methyl sites for hydroxylation is 2. The molecule has 33 heavy (non-hydrogen) atoms. The number of nitrogens with one attached hydrogen (secondary N) is 2. The molecule has 1 amide bonds. The van der Waals surface area contributed by atoms with Crippen LogP contribution in [0.25, 0.3) is 10.9 Å². The number of amides is 1. The summed E-state index contributed by atoms with van der Waals surface area (Å²) >= 11 is 0. The molecule has 1 saturated carbocycles. The van der Waals surface area contributed by atoms with Gasteiger partial charge < -0.3 is 15.2 Å². The van der Waals surface area contributed by atoms with Crippen molar-refractivity contribution in [1.29, 1.82) is 0 Å². The molecular weight excluding hydrogens is 414 g/mol. The highest BCUT2D eigenvalue weighted by atomic mass is 16.1. The van der Waals surface area contributed by atoms with E-state index < -0.39 is 0 Å². The van der Waals surface area contributed by atoms with Crippen LogP contribution in [-0.2, 0) is 13.0 Å². The molecule has 3 aromatic rings. The second kappa shape index (κ2) is 8.63. The number of benzene rings is 1. The van der Waals surface area contributed by atoms with E-state index in [-0.39, 0.29) is 11.5 Å². The monoisotopic (exact) mass is 445 g/mol. The molecule has 1 saturated heterocycles. The van der Waals surface area contributed by atoms with Gasteiger partial charge in [-0.3, -0.25) is 14.5 Å². The predicted molar refractivity (Wildman–Crippen MR) is 131 cm³/mol. The zero-order valence-corrected chi connectivity index (χ0v) is 19.5. The second-order valence-corrected chi connectivity index (χ2v) is 9.15. The van der Waals surface area contributed by atoms with Crippen molar-refractivity contribution < 1.29 is 4.79 Å². The Hall–Kier alpha value is -3.19. The highest BCUT2D eigenvalue weighted by molar-refractivity contribution is 5.92. The quantitative estimate of drug-likeness (QED) is 0.631. The van der Waals surface area contributed by atoms with Gasteiger partial charge in [-0.15, -0.1) is 0 Å². The fourth-order valence-corrected chi connectivity index (χ4v) is 5.32. The summed E-state index contributed by atoms with van der Waals surface area (Å²) in [6, 6.07) is 11.2. The first-order chi connectivity index (χ1) is 16.0. The third-order valence-corrected chi connectivity index (χ3v) is 7.46. The predicted octanol–water partition coefficient (Wildman–Crippen LogP) is 3.01. The molecule has 7 nitrogen and oxygen atoms in total. The van der Waals surface area contributed by atoms with Crippen LogP contribution >= 0.6 is 0 Å². The summed E-state index contributed by atoms with van der Waals surface area (Å²) in [5.74, 6) is -0.161. The maximum atomic E-state index is 12.4. The number of aromatic nitrogens is 2. The third-order valence-electron chi connectivity index (χ3n) is 7.46. The Morgan fingerprint density at radius 2 is 1.97 bits per heavy atom. The summed E-state index contributed by atoms with van der Waals surface area (Å²) in [7, 11) is 1.62. The molecular formula is C26H31N5O2. The van der Waals surface area contributed by atoms with Crippen LogP contribution in [0, 0.1) is 6.92 Å². The molecule has 7 heteroatoms. The van der Waals surface area contributed by atoms with Crippen LogP contribution in [0.15, 0.2) is 41.3 Å². The Balaban J connectivity index is 1.34. The van der Waals surface area contributed by atoms with Crippen LogP contribution in [0.4, 0.5) is 5.69 Å². The van der Waals surface area contributed by atoms with Gasteiger partial charge in [0.25, 0.3) is 11.5 Å². The van der Waals surface area contributed by atoms with Crippen LogP contribution in [-0.4, -0.2) is 53.0 Å². The first-order valence-corrected chi connectivity index (χ1v) is 11.8. The Morgan fingerprint density at radius 1 is 1.15 bits per heavy atom. The second-order valence-electron chi connectivity index (χ2n) is 9.15. The number of aromatic amines is 1. The van der Waals surface area contributed by atoms with Crippen molar-refractivity contribution in [3.05, 3.63) is 69.3 Å². The number of anilines is 1. The highest BCUT2D eigenvalue weighted by Crippen LogP contribution is 2.37. The molecule has 3 heterocycles. The lowest BCUT2D eigenvalue weighted by Gasteiger charge is -2.55. The zero-order chi connectivity index (χ0) is 23.1. The Kier molecular flexibility index (Phi) is 5.66. The standard InChI is InChI=1S/C26H31N5O2/c1-4-17-13-18-5-6-19(16(2)24(18)29-25(17)32)15-30-11-12-31(23-10-9-22(23)30)20-7-8-21(28-14-20)26(33)27-3/h5-8,13-14,22-23H,4,9-12,15H2,1-3H3,(H,27,33)(H,29,32)/t22-,23+/m1/s1. The number of pyridine rings is 2. The van der Waals surface area contributed by atoms with Crippen molar-refractivity contribution >= 4 is 22.5 Å². The Bertz CT molecular complexity index is 1250. The van der Waals surface area contributed by atoms with Gasteiger partial charge in [-0.2, -0.15) is 0 Å². The number of hydrogen-bond donors (Lipinski definition) is 2. The average molecular weight is 446 g/mol. The molecule has 0 unspecified atom stereocenters. The Morgan fingerprint density at radius 3 is 2.64 bits per heavy atom. The lowest BCUT2D eigenvalue weighted by atomic mass is 9.81. The smallest absolute Gasteiger partial charge is 0.269 e. The summed E-state index contributed by atoms with van der Waals surface area (Å²) in [6.07, 6.45) is 4.92. The zero-order valence-electron chi connectivity index (χ0n) is 19.5. The number of carbonyl (C=O) groups is 1. The molecule has 5 rings (SSSR count). The van der Waals surface area contributed by atoms with E-state index in [0.717, 1.165) is 48.2 Å². The lowest BCUT2D eigenvalue weighted by molar-refractivity contribution is 0.0658. The van der Waals surface area contributed by atoms with E-state index in [1.807, 2.05) is 25.3 Å². The van der Waals surface area contributed by atoms with Crippen LogP contribution in [0.1, 0.15) is 46.9 Å². The summed E-state index contributed by atoms with van der Waals surface area (Å²) in [5, 5.41) is 3.72. The van der Waals surface area contributed by atoms with Gasteiger partial charge in [-0.1, -0.05) is 19.1 Å². The number of carbonyl (C=O) groups excluding carboxylic acids is 1. The van der Waals surface area contributed by atoms with E-state index in [9.17, 15) is 9.59 Å². The summed E-state index contributed by atoms with van der Waals surface area (Å²) < 4.78 is 0. The highest BCUT2D eigenvalue weighted by Gasteiger charge is 2.43. The number of rotatable bonds is 5. The number of H-pyrrole nitrogens is 1. The van der Waals surface area contributed by atoms with Gasteiger partial charge in [0, 0.05) is 44.3 Å². The molecule has 2 aliphatic rings. The van der Waals surface area contributed by atoms with Crippen LogP contribution in [0.2, 0.25) is 0 Å². The van der Waals surface area contributed by atoms with Crippen molar-refractivity contribution in [1.82, 2.24) is 20.2 Å². The largest absolute Gasteiger partial charge is 0.364 e. The van der Waals surface area contributed by atoms with Gasteiger partial charge in [-0.25, -0.2) is 4.98 Å². The number of fused-ring (bicyclic) bond motifs is 2. The van der Waals surface area contributed by atoms with Crippen LogP contribution in [0.3, 0.4) is 0 Å². The topological polar surface area (TPSA) is 81.3 Å². The summed E-state index contributed by atoms with van der Waals surface area (Å²) in [6.45, 7) is 6.93. The minimum absolute atomic E-state index is 0.0222. The fraction of sp³-hybridized carbons (Fsp3) is 0.423. The fourth-order valence-electron chi connectivity index (χ4n) is 5.32. The van der Waals surface area contributed by atoms with Crippen molar-refractivity contribution in [2.75, 3.05) is 25.0 Å². The van der Waals surface area contributed by atoms with E-state index in [1.165, 1.54) is 24.0 Å². The molecule has 2 atom stereocenters. The van der Waals surface area contributed by atoms with Crippen molar-refractivity contribution in [2.24, 2.45) is 0 Å². The maximum Gasteiger partial charge on any atom is 0.269 e. The molecule has 2 aromatic heterocycles. The number of nitrogens with zero attached hydrogens (tertiary/aromatic N) is 3. The third kappa shape index (κ3) is 3.80. The van der Waals surface area contributed by atoms with Gasteiger partial charge in [0.2, 0.25) is 0 Å². The molecule has 1 aliphatic heterocycles. The van der Waals surface area contributed by atoms with E-state index >= 15 is 0 Å². The minimum atomic E-state index is -0.161. The van der Waals surface area contributed by atoms with E-state index in [1.54, 1.807) is 13.1 Å².